The summed E-state index contributed by atoms with van der Waals surface area (Å²) in [7, 11) is 1.70. The number of benzene rings is 1. The zero-order valence-electron chi connectivity index (χ0n) is 10.5. The molecule has 0 unspecified atom stereocenters. The van der Waals surface area contributed by atoms with Crippen molar-refractivity contribution in [3.63, 3.8) is 0 Å². The Morgan fingerprint density at radius 1 is 1.24 bits per heavy atom. The van der Waals surface area contributed by atoms with Gasteiger partial charge < -0.3 is 15.4 Å². The molecule has 0 saturated heterocycles. The van der Waals surface area contributed by atoms with Crippen molar-refractivity contribution >= 4 is 17.3 Å². The van der Waals surface area contributed by atoms with Crippen LogP contribution < -0.4 is 10.6 Å². The van der Waals surface area contributed by atoms with Crippen LogP contribution in [0.5, 0.6) is 0 Å². The third kappa shape index (κ3) is 6.24. The summed E-state index contributed by atoms with van der Waals surface area (Å²) in [6.45, 7) is 4.44. The summed E-state index contributed by atoms with van der Waals surface area (Å²) in [5.41, 5.74) is 2.51. The molecule has 0 amide bonds. The van der Waals surface area contributed by atoms with E-state index in [1.807, 2.05) is 0 Å². The molecule has 0 spiro atoms. The van der Waals surface area contributed by atoms with Gasteiger partial charge in [-0.15, -0.1) is 0 Å². The van der Waals surface area contributed by atoms with Gasteiger partial charge >= 0.3 is 0 Å². The average Bonchev–Trinajstić information content (AvgIpc) is 2.34. The first kappa shape index (κ1) is 13.9. The summed E-state index contributed by atoms with van der Waals surface area (Å²) in [6.07, 6.45) is 0.961. The number of aryl methyl sites for hydroxylation is 1. The smallest absolute Gasteiger partial charge is 0.166 e. The van der Waals surface area contributed by atoms with Crippen molar-refractivity contribution in [2.24, 2.45) is 0 Å². The predicted octanol–water partition coefficient (Wildman–Crippen LogP) is 2.00. The first-order valence-electron chi connectivity index (χ1n) is 5.78. The number of rotatable bonds is 6. The molecule has 1 aromatic carbocycles. The van der Waals surface area contributed by atoms with Gasteiger partial charge in [-0.25, -0.2) is 0 Å². The van der Waals surface area contributed by atoms with Crippen molar-refractivity contribution < 1.29 is 4.74 Å². The maximum atomic E-state index is 5.17. The fourth-order valence-electron chi connectivity index (χ4n) is 1.37. The highest BCUT2D eigenvalue weighted by Gasteiger charge is 1.96. The third-order valence-electron chi connectivity index (χ3n) is 2.38. The van der Waals surface area contributed by atoms with Crippen molar-refractivity contribution in [1.29, 1.82) is 0 Å². The van der Waals surface area contributed by atoms with Crippen LogP contribution in [-0.4, -0.2) is 25.4 Å². The van der Waals surface area contributed by atoms with Gasteiger partial charge in [-0.3, -0.25) is 0 Å². The SMILES string of the molecule is COCCCNC(=S)NCc1ccc(C)cc1. The average molecular weight is 252 g/mol. The number of ether oxygens (including phenoxy) is 1. The number of thiocarbonyl (C=S) groups is 1. The lowest BCUT2D eigenvalue weighted by atomic mass is 10.1. The van der Waals surface area contributed by atoms with E-state index in [1.54, 1.807) is 7.11 Å². The highest BCUT2D eigenvalue weighted by Crippen LogP contribution is 2.02. The molecule has 2 N–H and O–H groups in total. The molecule has 0 radical (unpaired) electrons. The minimum atomic E-state index is 0.696. The maximum Gasteiger partial charge on any atom is 0.166 e. The molecular formula is C13H20N2OS. The predicted molar refractivity (Wildman–Crippen MR) is 75.1 cm³/mol. The lowest BCUT2D eigenvalue weighted by molar-refractivity contribution is 0.195. The van der Waals surface area contributed by atoms with Gasteiger partial charge in [-0.1, -0.05) is 29.8 Å². The Labute approximate surface area is 109 Å². The van der Waals surface area contributed by atoms with Gasteiger partial charge in [0.15, 0.2) is 5.11 Å². The first-order chi connectivity index (χ1) is 8.22. The van der Waals surface area contributed by atoms with E-state index in [1.165, 1.54) is 11.1 Å². The zero-order chi connectivity index (χ0) is 12.5. The molecule has 94 valence electrons. The van der Waals surface area contributed by atoms with Crippen molar-refractivity contribution in [2.75, 3.05) is 20.3 Å². The Balaban J connectivity index is 2.17. The van der Waals surface area contributed by atoms with E-state index in [2.05, 4.69) is 41.8 Å². The first-order valence-corrected chi connectivity index (χ1v) is 6.19. The normalized spacial score (nSPS) is 10.0. The third-order valence-corrected chi connectivity index (χ3v) is 2.67. The minimum absolute atomic E-state index is 0.696. The van der Waals surface area contributed by atoms with E-state index in [0.717, 1.165) is 26.1 Å². The molecule has 0 aliphatic rings. The summed E-state index contributed by atoms with van der Waals surface area (Å²) in [4.78, 5) is 0. The van der Waals surface area contributed by atoms with Gasteiger partial charge in [-0.05, 0) is 31.1 Å². The van der Waals surface area contributed by atoms with Gasteiger partial charge in [0.2, 0.25) is 0 Å². The van der Waals surface area contributed by atoms with Gasteiger partial charge in [-0.2, -0.15) is 0 Å². The van der Waals surface area contributed by atoms with Crippen molar-refractivity contribution in [1.82, 2.24) is 10.6 Å². The molecule has 4 heteroatoms. The molecule has 0 bridgehead atoms. The molecule has 0 aliphatic heterocycles. The van der Waals surface area contributed by atoms with Crippen LogP contribution in [0.4, 0.5) is 0 Å². The molecule has 0 aromatic heterocycles. The second-order valence-corrected chi connectivity index (χ2v) is 4.35. The molecule has 0 aliphatic carbocycles. The van der Waals surface area contributed by atoms with Gasteiger partial charge in [0.05, 0.1) is 0 Å². The van der Waals surface area contributed by atoms with Crippen LogP contribution in [-0.2, 0) is 11.3 Å². The number of hydrogen-bond acceptors (Lipinski definition) is 2. The Morgan fingerprint density at radius 2 is 1.94 bits per heavy atom. The molecule has 1 aromatic rings. The Morgan fingerprint density at radius 3 is 2.59 bits per heavy atom. The summed E-state index contributed by atoms with van der Waals surface area (Å²) in [5, 5.41) is 7.01. The number of methoxy groups -OCH3 is 1. The summed E-state index contributed by atoms with van der Waals surface area (Å²) in [6, 6.07) is 8.42. The molecule has 3 nitrogen and oxygen atoms in total. The van der Waals surface area contributed by atoms with Crippen molar-refractivity contribution in [3.8, 4) is 0 Å². The lowest BCUT2D eigenvalue weighted by Crippen LogP contribution is -2.35. The number of nitrogens with one attached hydrogen (secondary N) is 2. The largest absolute Gasteiger partial charge is 0.385 e. The van der Waals surface area contributed by atoms with Crippen molar-refractivity contribution in [3.05, 3.63) is 35.4 Å². The molecule has 1 rings (SSSR count). The molecule has 0 atom stereocenters. The van der Waals surface area contributed by atoms with Crippen LogP contribution in [0.1, 0.15) is 17.5 Å². The Bertz CT molecular complexity index is 338. The highest BCUT2D eigenvalue weighted by atomic mass is 32.1. The maximum absolute atomic E-state index is 5.17. The molecular weight excluding hydrogens is 232 g/mol. The van der Waals surface area contributed by atoms with Gasteiger partial charge in [0, 0.05) is 26.8 Å². The van der Waals surface area contributed by atoms with Gasteiger partial charge in [0.25, 0.3) is 0 Å². The molecule has 0 fully saturated rings. The fourth-order valence-corrected chi connectivity index (χ4v) is 1.54. The molecule has 0 heterocycles. The van der Waals surface area contributed by atoms with Crippen LogP contribution in [0, 0.1) is 6.92 Å². The van der Waals surface area contributed by atoms with Gasteiger partial charge in [0.1, 0.15) is 0 Å². The second kappa shape index (κ2) is 8.03. The Kier molecular flexibility index (Phi) is 6.58. The standard InChI is InChI=1S/C13H20N2OS/c1-11-4-6-12(7-5-11)10-15-13(17)14-8-3-9-16-2/h4-7H,3,8-10H2,1-2H3,(H2,14,15,17). The minimum Gasteiger partial charge on any atom is -0.385 e. The van der Waals surface area contributed by atoms with Crippen LogP contribution in [0.2, 0.25) is 0 Å². The quantitative estimate of drug-likeness (QED) is 0.599. The zero-order valence-corrected chi connectivity index (χ0v) is 11.3. The number of hydrogen-bond donors (Lipinski definition) is 2. The lowest BCUT2D eigenvalue weighted by Gasteiger charge is -2.10. The van der Waals surface area contributed by atoms with Crippen LogP contribution in [0.3, 0.4) is 0 Å². The van der Waals surface area contributed by atoms with Crippen LogP contribution in [0.25, 0.3) is 0 Å². The monoisotopic (exact) mass is 252 g/mol. The van der Waals surface area contributed by atoms with E-state index in [9.17, 15) is 0 Å². The van der Waals surface area contributed by atoms with Crippen LogP contribution in [0.15, 0.2) is 24.3 Å². The summed E-state index contributed by atoms with van der Waals surface area (Å²) >= 11 is 5.17. The highest BCUT2D eigenvalue weighted by molar-refractivity contribution is 7.80. The Hall–Kier alpha value is -1.13. The van der Waals surface area contributed by atoms with E-state index in [-0.39, 0.29) is 0 Å². The second-order valence-electron chi connectivity index (χ2n) is 3.94. The summed E-state index contributed by atoms with van der Waals surface area (Å²) < 4.78 is 4.96. The van der Waals surface area contributed by atoms with E-state index in [4.69, 9.17) is 17.0 Å². The summed E-state index contributed by atoms with van der Waals surface area (Å²) in [5.74, 6) is 0. The van der Waals surface area contributed by atoms with Crippen molar-refractivity contribution in [2.45, 2.75) is 19.9 Å². The molecule has 17 heavy (non-hydrogen) atoms. The molecule has 0 saturated carbocycles. The van der Waals surface area contributed by atoms with E-state index < -0.39 is 0 Å². The van der Waals surface area contributed by atoms with E-state index >= 15 is 0 Å². The van der Waals surface area contributed by atoms with Crippen LogP contribution >= 0.6 is 12.2 Å². The fraction of sp³-hybridized carbons (Fsp3) is 0.462. The topological polar surface area (TPSA) is 33.3 Å². The van der Waals surface area contributed by atoms with E-state index in [0.29, 0.717) is 5.11 Å².